The molecule has 1 atom stereocenters. The van der Waals surface area contributed by atoms with Crippen LogP contribution in [0, 0.1) is 0 Å². The van der Waals surface area contributed by atoms with E-state index in [2.05, 4.69) is 5.32 Å². The van der Waals surface area contributed by atoms with Gasteiger partial charge in [-0.1, -0.05) is 30.3 Å². The molecule has 0 fully saturated rings. The van der Waals surface area contributed by atoms with Crippen molar-refractivity contribution in [2.24, 2.45) is 0 Å². The van der Waals surface area contributed by atoms with Gasteiger partial charge in [0.25, 0.3) is 0 Å². The van der Waals surface area contributed by atoms with Gasteiger partial charge in [0.15, 0.2) is 0 Å². The molecule has 5 heteroatoms. The van der Waals surface area contributed by atoms with Crippen LogP contribution in [0.4, 0.5) is 4.79 Å². The summed E-state index contributed by atoms with van der Waals surface area (Å²) in [4.78, 5) is 11.8. The highest BCUT2D eigenvalue weighted by molar-refractivity contribution is 5.68. The lowest BCUT2D eigenvalue weighted by Crippen LogP contribution is -2.44. The summed E-state index contributed by atoms with van der Waals surface area (Å²) in [7, 11) is 0. The Kier molecular flexibility index (Phi) is 7.91. The topological polar surface area (TPSA) is 56.8 Å². The lowest BCUT2D eigenvalue weighted by Gasteiger charge is -2.23. The van der Waals surface area contributed by atoms with Gasteiger partial charge < -0.3 is 19.5 Å². The first-order valence-corrected chi connectivity index (χ1v) is 7.59. The highest BCUT2D eigenvalue weighted by Gasteiger charge is 2.19. The standard InChI is InChI=1S/C17H27NO4/c1-5-20-12-15(18-16(19)22-17(2,3)4)13-21-11-14-9-7-6-8-10-14/h6-10,15H,5,11-13H2,1-4H3,(H,18,19)/t15-/m0/s1. The Bertz CT molecular complexity index is 428. The van der Waals surface area contributed by atoms with E-state index in [1.165, 1.54) is 0 Å². The summed E-state index contributed by atoms with van der Waals surface area (Å²) in [5.41, 5.74) is 0.570. The normalized spacial score (nSPS) is 12.7. The third kappa shape index (κ3) is 8.64. The number of carbonyl (C=O) groups excluding carboxylic acids is 1. The van der Waals surface area contributed by atoms with E-state index in [4.69, 9.17) is 14.2 Å². The molecule has 0 aromatic heterocycles. The molecular weight excluding hydrogens is 282 g/mol. The predicted octanol–water partition coefficient (Wildman–Crippen LogP) is 3.13. The van der Waals surface area contributed by atoms with Gasteiger partial charge in [-0.05, 0) is 33.3 Å². The molecule has 0 aliphatic heterocycles. The fourth-order valence-corrected chi connectivity index (χ4v) is 1.76. The molecule has 0 radical (unpaired) electrons. The monoisotopic (exact) mass is 309 g/mol. The molecular formula is C17H27NO4. The van der Waals surface area contributed by atoms with Crippen LogP contribution in [-0.2, 0) is 20.8 Å². The minimum Gasteiger partial charge on any atom is -0.444 e. The second-order valence-corrected chi connectivity index (χ2v) is 6.00. The number of benzene rings is 1. The average molecular weight is 309 g/mol. The number of ether oxygens (including phenoxy) is 3. The summed E-state index contributed by atoms with van der Waals surface area (Å²) in [6.07, 6.45) is -0.458. The fraction of sp³-hybridized carbons (Fsp3) is 0.588. The molecule has 0 unspecified atom stereocenters. The number of amides is 1. The van der Waals surface area contributed by atoms with E-state index >= 15 is 0 Å². The number of hydrogen-bond donors (Lipinski definition) is 1. The van der Waals surface area contributed by atoms with Crippen molar-refractivity contribution in [3.05, 3.63) is 35.9 Å². The molecule has 22 heavy (non-hydrogen) atoms. The molecule has 1 rings (SSSR count). The van der Waals surface area contributed by atoms with E-state index < -0.39 is 11.7 Å². The first-order valence-electron chi connectivity index (χ1n) is 7.59. The van der Waals surface area contributed by atoms with Crippen molar-refractivity contribution in [1.82, 2.24) is 5.32 Å². The SMILES string of the molecule is CCOC[C@@H](COCc1ccccc1)NC(=O)OC(C)(C)C. The molecule has 0 heterocycles. The maximum Gasteiger partial charge on any atom is 0.408 e. The van der Waals surface area contributed by atoms with Crippen LogP contribution in [0.1, 0.15) is 33.3 Å². The van der Waals surface area contributed by atoms with Gasteiger partial charge >= 0.3 is 6.09 Å². The lowest BCUT2D eigenvalue weighted by atomic mass is 10.2. The van der Waals surface area contributed by atoms with Crippen LogP contribution in [-0.4, -0.2) is 37.6 Å². The summed E-state index contributed by atoms with van der Waals surface area (Å²) < 4.78 is 16.3. The first kappa shape index (κ1) is 18.5. The molecule has 0 aliphatic carbocycles. The third-order valence-electron chi connectivity index (χ3n) is 2.67. The number of rotatable bonds is 8. The number of nitrogens with one attached hydrogen (secondary N) is 1. The Morgan fingerprint density at radius 1 is 1.14 bits per heavy atom. The van der Waals surface area contributed by atoms with E-state index in [0.717, 1.165) is 5.56 Å². The quantitative estimate of drug-likeness (QED) is 0.801. The van der Waals surface area contributed by atoms with Crippen molar-refractivity contribution in [2.45, 2.75) is 45.9 Å². The first-order chi connectivity index (χ1) is 10.4. The van der Waals surface area contributed by atoms with Crippen LogP contribution in [0.15, 0.2) is 30.3 Å². The van der Waals surface area contributed by atoms with E-state index in [1.807, 2.05) is 58.0 Å². The Hall–Kier alpha value is -1.59. The molecule has 0 aliphatic rings. The Balaban J connectivity index is 2.41. The number of carbonyl (C=O) groups is 1. The zero-order valence-corrected chi connectivity index (χ0v) is 13.9. The largest absolute Gasteiger partial charge is 0.444 e. The molecule has 1 aromatic carbocycles. The molecule has 0 spiro atoms. The molecule has 0 saturated heterocycles. The van der Waals surface area contributed by atoms with Crippen molar-refractivity contribution < 1.29 is 19.0 Å². The summed E-state index contributed by atoms with van der Waals surface area (Å²) in [5, 5.41) is 2.78. The summed E-state index contributed by atoms with van der Waals surface area (Å²) in [5.74, 6) is 0. The maximum atomic E-state index is 11.8. The van der Waals surface area contributed by atoms with Crippen molar-refractivity contribution >= 4 is 6.09 Å². The zero-order chi connectivity index (χ0) is 16.4. The molecule has 1 amide bonds. The number of alkyl carbamates (subject to hydrolysis) is 1. The lowest BCUT2D eigenvalue weighted by molar-refractivity contribution is 0.0277. The zero-order valence-electron chi connectivity index (χ0n) is 13.9. The van der Waals surface area contributed by atoms with Gasteiger partial charge in [0.1, 0.15) is 5.60 Å². The van der Waals surface area contributed by atoms with Crippen LogP contribution >= 0.6 is 0 Å². The van der Waals surface area contributed by atoms with Gasteiger partial charge in [-0.15, -0.1) is 0 Å². The van der Waals surface area contributed by atoms with Gasteiger partial charge in [-0.25, -0.2) is 4.79 Å². The van der Waals surface area contributed by atoms with Gasteiger partial charge in [0.2, 0.25) is 0 Å². The van der Waals surface area contributed by atoms with Crippen molar-refractivity contribution in [2.75, 3.05) is 19.8 Å². The van der Waals surface area contributed by atoms with Crippen LogP contribution in [0.25, 0.3) is 0 Å². The maximum absolute atomic E-state index is 11.8. The van der Waals surface area contributed by atoms with Gasteiger partial charge in [-0.3, -0.25) is 0 Å². The predicted molar refractivity (Wildman–Crippen MR) is 85.7 cm³/mol. The van der Waals surface area contributed by atoms with E-state index in [1.54, 1.807) is 0 Å². The van der Waals surface area contributed by atoms with Crippen LogP contribution in [0.3, 0.4) is 0 Å². The molecule has 0 saturated carbocycles. The smallest absolute Gasteiger partial charge is 0.408 e. The number of hydrogen-bond acceptors (Lipinski definition) is 4. The molecule has 124 valence electrons. The van der Waals surface area contributed by atoms with E-state index in [-0.39, 0.29) is 6.04 Å². The third-order valence-corrected chi connectivity index (χ3v) is 2.67. The second-order valence-electron chi connectivity index (χ2n) is 6.00. The molecule has 1 N–H and O–H groups in total. The molecule has 1 aromatic rings. The van der Waals surface area contributed by atoms with Crippen molar-refractivity contribution in [1.29, 1.82) is 0 Å². The highest BCUT2D eigenvalue weighted by atomic mass is 16.6. The van der Waals surface area contributed by atoms with Crippen molar-refractivity contribution in [3.63, 3.8) is 0 Å². The van der Waals surface area contributed by atoms with E-state index in [9.17, 15) is 4.79 Å². The Morgan fingerprint density at radius 2 is 1.77 bits per heavy atom. The van der Waals surface area contributed by atoms with Gasteiger partial charge in [-0.2, -0.15) is 0 Å². The minimum atomic E-state index is -0.523. The van der Waals surface area contributed by atoms with Crippen LogP contribution in [0.5, 0.6) is 0 Å². The second kappa shape index (κ2) is 9.43. The fourth-order valence-electron chi connectivity index (χ4n) is 1.76. The minimum absolute atomic E-state index is 0.237. The Morgan fingerprint density at radius 3 is 2.36 bits per heavy atom. The highest BCUT2D eigenvalue weighted by Crippen LogP contribution is 2.07. The molecule has 0 bridgehead atoms. The van der Waals surface area contributed by atoms with Gasteiger partial charge in [0, 0.05) is 6.61 Å². The molecule has 5 nitrogen and oxygen atoms in total. The van der Waals surface area contributed by atoms with Crippen LogP contribution < -0.4 is 5.32 Å². The summed E-state index contributed by atoms with van der Waals surface area (Å²) in [6.45, 7) is 9.25. The van der Waals surface area contributed by atoms with Crippen molar-refractivity contribution in [3.8, 4) is 0 Å². The summed E-state index contributed by atoms with van der Waals surface area (Å²) >= 11 is 0. The van der Waals surface area contributed by atoms with E-state index in [0.29, 0.717) is 26.4 Å². The van der Waals surface area contributed by atoms with Crippen LogP contribution in [0.2, 0.25) is 0 Å². The summed E-state index contributed by atoms with van der Waals surface area (Å²) in [6, 6.07) is 9.66. The van der Waals surface area contributed by atoms with Gasteiger partial charge in [0.05, 0.1) is 25.9 Å². The Labute approximate surface area is 132 Å². The average Bonchev–Trinajstić information content (AvgIpc) is 2.43.